The maximum Gasteiger partial charge on any atom is 0.255 e. The Balaban J connectivity index is 1.78. The van der Waals surface area contributed by atoms with Crippen LogP contribution in [0.3, 0.4) is 0 Å². The summed E-state index contributed by atoms with van der Waals surface area (Å²) in [5.41, 5.74) is 12.0. The first kappa shape index (κ1) is 22.6. The quantitative estimate of drug-likeness (QED) is 0.480. The number of ether oxygens (including phenoxy) is 2. The number of halogens is 1. The van der Waals surface area contributed by atoms with Crippen LogP contribution in [-0.2, 0) is 6.61 Å². The molecule has 0 bridgehead atoms. The molecule has 0 aliphatic heterocycles. The second kappa shape index (κ2) is 9.84. The zero-order valence-corrected chi connectivity index (χ0v) is 17.8. The molecule has 5 N–H and O–H groups in total. The predicted molar refractivity (Wildman–Crippen MR) is 120 cm³/mol. The molecule has 3 aromatic rings. The average molecular weight is 454 g/mol. The number of methoxy groups -OCH3 is 1. The van der Waals surface area contributed by atoms with Crippen molar-refractivity contribution < 1.29 is 23.9 Å². The predicted octanol–water partition coefficient (Wildman–Crippen LogP) is 3.38. The van der Waals surface area contributed by atoms with E-state index in [-0.39, 0.29) is 29.0 Å². The molecule has 8 nitrogen and oxygen atoms in total. The van der Waals surface area contributed by atoms with Crippen molar-refractivity contribution in [1.29, 1.82) is 0 Å². The Hall–Kier alpha value is -4.04. The van der Waals surface area contributed by atoms with E-state index < -0.39 is 17.7 Å². The van der Waals surface area contributed by atoms with Gasteiger partial charge in [0.05, 0.1) is 7.11 Å². The first-order valence-electron chi connectivity index (χ1n) is 9.38. The lowest BCUT2D eigenvalue weighted by Gasteiger charge is -2.13. The Bertz CT molecular complexity index is 1150. The molecule has 0 aliphatic carbocycles. The molecule has 9 heteroatoms. The fourth-order valence-corrected chi connectivity index (χ4v) is 2.98. The van der Waals surface area contributed by atoms with E-state index >= 15 is 0 Å². The van der Waals surface area contributed by atoms with Gasteiger partial charge in [-0.25, -0.2) is 0 Å². The van der Waals surface area contributed by atoms with E-state index in [1.165, 1.54) is 31.4 Å². The molecule has 164 valence electrons. The molecular weight excluding hydrogens is 434 g/mol. The summed E-state index contributed by atoms with van der Waals surface area (Å²) in [6, 6.07) is 15.9. The van der Waals surface area contributed by atoms with E-state index in [2.05, 4.69) is 5.32 Å². The average Bonchev–Trinajstić information content (AvgIpc) is 2.78. The fourth-order valence-electron chi connectivity index (χ4n) is 2.86. The molecule has 0 unspecified atom stereocenters. The van der Waals surface area contributed by atoms with Crippen LogP contribution in [0.5, 0.6) is 11.5 Å². The third-order valence-corrected chi connectivity index (χ3v) is 4.75. The number of carbonyl (C=O) groups excluding carboxylic acids is 3. The number of carbonyl (C=O) groups is 3. The molecule has 3 rings (SSSR count). The molecular formula is C23H20ClN3O5. The van der Waals surface area contributed by atoms with E-state index in [4.69, 9.17) is 32.5 Å². The molecule has 3 amide bonds. The van der Waals surface area contributed by atoms with Crippen LogP contribution in [0.15, 0.2) is 60.7 Å². The lowest BCUT2D eigenvalue weighted by Crippen LogP contribution is -2.18. The summed E-state index contributed by atoms with van der Waals surface area (Å²) in [6.07, 6.45) is 0. The van der Waals surface area contributed by atoms with Gasteiger partial charge in [-0.15, -0.1) is 0 Å². The minimum Gasteiger partial charge on any atom is -0.493 e. The normalized spacial score (nSPS) is 10.3. The summed E-state index contributed by atoms with van der Waals surface area (Å²) in [6.45, 7) is 0.287. The Morgan fingerprint density at radius 2 is 1.47 bits per heavy atom. The van der Waals surface area contributed by atoms with Crippen LogP contribution in [0.2, 0.25) is 5.02 Å². The number of rotatable bonds is 8. The van der Waals surface area contributed by atoms with Gasteiger partial charge in [0, 0.05) is 27.4 Å². The van der Waals surface area contributed by atoms with Gasteiger partial charge in [0.2, 0.25) is 11.8 Å². The second-order valence-electron chi connectivity index (χ2n) is 6.76. The third-order valence-electron chi connectivity index (χ3n) is 4.49. The number of hydrogen-bond acceptors (Lipinski definition) is 5. The summed E-state index contributed by atoms with van der Waals surface area (Å²) < 4.78 is 11.1. The monoisotopic (exact) mass is 453 g/mol. The number of benzene rings is 3. The van der Waals surface area contributed by atoms with Crippen molar-refractivity contribution in [3.05, 3.63) is 87.9 Å². The van der Waals surface area contributed by atoms with Gasteiger partial charge >= 0.3 is 0 Å². The molecule has 0 spiro atoms. The number of anilines is 1. The van der Waals surface area contributed by atoms with Crippen molar-refractivity contribution in [3.63, 3.8) is 0 Å². The number of amides is 3. The van der Waals surface area contributed by atoms with Crippen LogP contribution in [0.1, 0.15) is 36.6 Å². The van der Waals surface area contributed by atoms with Crippen molar-refractivity contribution >= 4 is 35.0 Å². The number of nitrogens with one attached hydrogen (secondary N) is 1. The van der Waals surface area contributed by atoms with Gasteiger partial charge < -0.3 is 26.3 Å². The lowest BCUT2D eigenvalue weighted by atomic mass is 10.1. The number of hydrogen-bond donors (Lipinski definition) is 3. The molecule has 0 fully saturated rings. The lowest BCUT2D eigenvalue weighted by molar-refractivity contribution is 0.0994. The third kappa shape index (κ3) is 5.55. The molecule has 0 atom stereocenters. The summed E-state index contributed by atoms with van der Waals surface area (Å²) in [5, 5.41) is 3.25. The highest BCUT2D eigenvalue weighted by Crippen LogP contribution is 2.29. The standard InChI is InChI=1S/C23H20ClN3O5/c1-31-20-11-14(4-7-19(20)32-12-13-2-5-17(24)6-3-13)23(30)27-18-9-15(21(25)28)8-16(10-18)22(26)29/h2-11H,12H2,1H3,(H2,25,28)(H2,26,29)(H,27,30). The van der Waals surface area contributed by atoms with Gasteiger partial charge in [-0.1, -0.05) is 23.7 Å². The van der Waals surface area contributed by atoms with Gasteiger partial charge in [0.1, 0.15) is 6.61 Å². The van der Waals surface area contributed by atoms with Crippen LogP contribution in [0.25, 0.3) is 0 Å². The van der Waals surface area contributed by atoms with Crippen LogP contribution < -0.4 is 26.3 Å². The highest BCUT2D eigenvalue weighted by atomic mass is 35.5. The van der Waals surface area contributed by atoms with Crippen LogP contribution in [-0.4, -0.2) is 24.8 Å². The van der Waals surface area contributed by atoms with Gasteiger partial charge in [0.15, 0.2) is 11.5 Å². The molecule has 0 aromatic heterocycles. The molecule has 0 saturated carbocycles. The maximum absolute atomic E-state index is 12.7. The van der Waals surface area contributed by atoms with Gasteiger partial charge in [-0.2, -0.15) is 0 Å². The number of primary amides is 2. The molecule has 32 heavy (non-hydrogen) atoms. The van der Waals surface area contributed by atoms with E-state index in [1.807, 2.05) is 12.1 Å². The fraction of sp³-hybridized carbons (Fsp3) is 0.0870. The van der Waals surface area contributed by atoms with Crippen LogP contribution in [0, 0.1) is 0 Å². The topological polar surface area (TPSA) is 134 Å². The zero-order valence-electron chi connectivity index (χ0n) is 17.1. The Labute approximate surface area is 189 Å². The van der Waals surface area contributed by atoms with Crippen LogP contribution >= 0.6 is 11.6 Å². The first-order valence-corrected chi connectivity index (χ1v) is 9.76. The van der Waals surface area contributed by atoms with Crippen LogP contribution in [0.4, 0.5) is 5.69 Å². The van der Waals surface area contributed by atoms with Gasteiger partial charge in [-0.3, -0.25) is 14.4 Å². The minimum atomic E-state index is -0.757. The van der Waals surface area contributed by atoms with Crippen molar-refractivity contribution in [3.8, 4) is 11.5 Å². The summed E-state index contributed by atoms with van der Waals surface area (Å²) >= 11 is 5.89. The SMILES string of the molecule is COc1cc(C(=O)Nc2cc(C(N)=O)cc(C(N)=O)c2)ccc1OCc1ccc(Cl)cc1. The van der Waals surface area contributed by atoms with Gasteiger partial charge in [0.25, 0.3) is 5.91 Å². The van der Waals surface area contributed by atoms with E-state index in [0.717, 1.165) is 5.56 Å². The Morgan fingerprint density at radius 1 is 0.844 bits per heavy atom. The van der Waals surface area contributed by atoms with E-state index in [1.54, 1.807) is 24.3 Å². The smallest absolute Gasteiger partial charge is 0.255 e. The summed E-state index contributed by atoms with van der Waals surface area (Å²) in [4.78, 5) is 35.7. The largest absolute Gasteiger partial charge is 0.493 e. The van der Waals surface area contributed by atoms with E-state index in [9.17, 15) is 14.4 Å². The second-order valence-corrected chi connectivity index (χ2v) is 7.20. The Morgan fingerprint density at radius 3 is 2.03 bits per heavy atom. The minimum absolute atomic E-state index is 0.0418. The van der Waals surface area contributed by atoms with Crippen molar-refractivity contribution in [1.82, 2.24) is 0 Å². The first-order chi connectivity index (χ1) is 15.3. The molecule has 0 heterocycles. The van der Waals surface area contributed by atoms with Crippen molar-refractivity contribution in [2.75, 3.05) is 12.4 Å². The van der Waals surface area contributed by atoms with Gasteiger partial charge in [-0.05, 0) is 54.1 Å². The summed E-state index contributed by atoms with van der Waals surface area (Å²) in [5.74, 6) is -1.20. The molecule has 0 saturated heterocycles. The molecule has 0 radical (unpaired) electrons. The Kier molecular flexibility index (Phi) is 6.97. The highest BCUT2D eigenvalue weighted by Gasteiger charge is 2.14. The maximum atomic E-state index is 12.7. The zero-order chi connectivity index (χ0) is 23.3. The van der Waals surface area contributed by atoms with Crippen molar-refractivity contribution in [2.45, 2.75) is 6.61 Å². The highest BCUT2D eigenvalue weighted by molar-refractivity contribution is 6.30. The van der Waals surface area contributed by atoms with E-state index in [0.29, 0.717) is 16.5 Å². The molecule has 0 aliphatic rings. The summed E-state index contributed by atoms with van der Waals surface area (Å²) in [7, 11) is 1.46. The molecule has 3 aromatic carbocycles. The number of nitrogens with two attached hydrogens (primary N) is 2. The van der Waals surface area contributed by atoms with Crippen molar-refractivity contribution in [2.24, 2.45) is 11.5 Å².